The minimum Gasteiger partial charge on any atom is -0.344 e. The Labute approximate surface area is 195 Å². The number of likely N-dealkylation sites (tertiary alicyclic amines) is 1. The molecule has 0 bridgehead atoms. The number of carbonyl (C=O) groups is 3. The first-order valence-corrected chi connectivity index (χ1v) is 11.0. The highest BCUT2D eigenvalue weighted by Gasteiger charge is 2.31. The second kappa shape index (κ2) is 11.1. The van der Waals surface area contributed by atoms with Crippen LogP contribution in [0.4, 0.5) is 18.9 Å². The third-order valence-corrected chi connectivity index (χ3v) is 5.54. The lowest BCUT2D eigenvalue weighted by atomic mass is 10.1. The summed E-state index contributed by atoms with van der Waals surface area (Å²) >= 11 is 0. The van der Waals surface area contributed by atoms with Crippen molar-refractivity contribution in [1.82, 2.24) is 10.2 Å². The summed E-state index contributed by atoms with van der Waals surface area (Å²) < 4.78 is 38.1. The molecule has 0 aromatic heterocycles. The molecule has 1 atom stereocenters. The summed E-state index contributed by atoms with van der Waals surface area (Å²) in [7, 11) is 0. The summed E-state index contributed by atoms with van der Waals surface area (Å²) in [6.07, 6.45) is -2.80. The fourth-order valence-electron chi connectivity index (χ4n) is 3.79. The molecule has 1 saturated heterocycles. The maximum atomic E-state index is 13.0. The zero-order chi connectivity index (χ0) is 24.7. The van der Waals surface area contributed by atoms with Crippen molar-refractivity contribution in [2.45, 2.75) is 44.4 Å². The summed E-state index contributed by atoms with van der Waals surface area (Å²) in [6, 6.07) is 10.6. The van der Waals surface area contributed by atoms with Crippen molar-refractivity contribution in [3.8, 4) is 0 Å². The second-order valence-corrected chi connectivity index (χ2v) is 8.20. The number of anilines is 1. The molecule has 3 rings (SSSR count). The maximum Gasteiger partial charge on any atom is 0.416 e. The Morgan fingerprint density at radius 2 is 1.76 bits per heavy atom. The molecule has 0 radical (unpaired) electrons. The number of hydrogen-bond donors (Lipinski definition) is 3. The van der Waals surface area contributed by atoms with Crippen molar-refractivity contribution in [1.29, 1.82) is 0 Å². The number of hydrogen-bond acceptors (Lipinski definition) is 4. The highest BCUT2D eigenvalue weighted by Crippen LogP contribution is 2.29. The highest BCUT2D eigenvalue weighted by atomic mass is 19.4. The number of benzene rings is 2. The fraction of sp³-hybridized carbons (Fsp3) is 0.375. The number of nitrogens with zero attached hydrogens (tertiary/aromatic N) is 1. The van der Waals surface area contributed by atoms with Crippen molar-refractivity contribution in [2.24, 2.45) is 5.73 Å². The van der Waals surface area contributed by atoms with Gasteiger partial charge >= 0.3 is 6.18 Å². The maximum absolute atomic E-state index is 13.0. The van der Waals surface area contributed by atoms with Gasteiger partial charge in [-0.3, -0.25) is 14.4 Å². The van der Waals surface area contributed by atoms with Gasteiger partial charge in [-0.05, 0) is 54.7 Å². The first-order valence-electron chi connectivity index (χ1n) is 11.0. The molecule has 1 fully saturated rings. The van der Waals surface area contributed by atoms with E-state index in [-0.39, 0.29) is 24.8 Å². The zero-order valence-electron chi connectivity index (χ0n) is 18.5. The fourth-order valence-corrected chi connectivity index (χ4v) is 3.79. The zero-order valence-corrected chi connectivity index (χ0v) is 18.5. The molecule has 34 heavy (non-hydrogen) atoms. The molecule has 1 aliphatic heterocycles. The second-order valence-electron chi connectivity index (χ2n) is 8.20. The quantitative estimate of drug-likeness (QED) is 0.572. The number of halogens is 3. The molecule has 182 valence electrons. The molecule has 7 nitrogen and oxygen atoms in total. The number of alkyl halides is 3. The molecular weight excluding hydrogens is 449 g/mol. The molecule has 3 amide bonds. The van der Waals surface area contributed by atoms with Gasteiger partial charge in [-0.2, -0.15) is 13.2 Å². The van der Waals surface area contributed by atoms with Crippen LogP contribution in [0.25, 0.3) is 0 Å². The van der Waals surface area contributed by atoms with Gasteiger partial charge in [-0.15, -0.1) is 0 Å². The average Bonchev–Trinajstić information content (AvgIpc) is 2.95. The van der Waals surface area contributed by atoms with E-state index in [4.69, 9.17) is 5.73 Å². The van der Waals surface area contributed by atoms with Crippen LogP contribution in [0.15, 0.2) is 48.5 Å². The van der Waals surface area contributed by atoms with E-state index in [1.165, 1.54) is 17.0 Å². The first-order chi connectivity index (χ1) is 16.2. The standard InChI is InChI=1S/C24H27F3N4O3/c25-24(26,27)18-9-7-16(8-10-18)13-21(32)30-20-6-1-2-11-31(23(20)34)15-22(33)29-19-5-3-4-17(12-19)14-28/h3-5,7-10,12,20H,1-2,6,11,13-15,28H2,(H,29,33)(H,30,32). The molecule has 0 saturated carbocycles. The Morgan fingerprint density at radius 3 is 2.44 bits per heavy atom. The molecule has 1 unspecified atom stereocenters. The van der Waals surface area contributed by atoms with E-state index in [9.17, 15) is 27.6 Å². The van der Waals surface area contributed by atoms with Gasteiger partial charge in [0.05, 0.1) is 18.5 Å². The minimum atomic E-state index is -4.45. The Morgan fingerprint density at radius 1 is 1.03 bits per heavy atom. The van der Waals surface area contributed by atoms with Gasteiger partial charge in [-0.25, -0.2) is 0 Å². The SMILES string of the molecule is NCc1cccc(NC(=O)CN2CCCCC(NC(=O)Cc3ccc(C(F)(F)F)cc3)C2=O)c1. The third-order valence-electron chi connectivity index (χ3n) is 5.54. The van der Waals surface area contributed by atoms with Crippen molar-refractivity contribution < 1.29 is 27.6 Å². The Bertz CT molecular complexity index is 1020. The van der Waals surface area contributed by atoms with E-state index in [2.05, 4.69) is 10.6 Å². The molecule has 1 heterocycles. The first kappa shape index (κ1) is 25.2. The van der Waals surface area contributed by atoms with E-state index in [0.717, 1.165) is 17.7 Å². The normalized spacial score (nSPS) is 16.6. The molecule has 1 aliphatic rings. The minimum absolute atomic E-state index is 0.153. The van der Waals surface area contributed by atoms with E-state index in [1.54, 1.807) is 18.2 Å². The molecular formula is C24H27F3N4O3. The largest absolute Gasteiger partial charge is 0.416 e. The van der Waals surface area contributed by atoms with Crippen molar-refractivity contribution in [2.75, 3.05) is 18.4 Å². The van der Waals surface area contributed by atoms with Gasteiger partial charge in [-0.1, -0.05) is 24.3 Å². The predicted molar refractivity (Wildman–Crippen MR) is 120 cm³/mol. The van der Waals surface area contributed by atoms with Gasteiger partial charge < -0.3 is 21.3 Å². The van der Waals surface area contributed by atoms with Crippen LogP contribution >= 0.6 is 0 Å². The van der Waals surface area contributed by atoms with Crippen LogP contribution in [0.2, 0.25) is 0 Å². The highest BCUT2D eigenvalue weighted by molar-refractivity contribution is 5.96. The van der Waals surface area contributed by atoms with Crippen LogP contribution < -0.4 is 16.4 Å². The molecule has 2 aromatic rings. The van der Waals surface area contributed by atoms with E-state index in [0.29, 0.717) is 43.6 Å². The Hall–Kier alpha value is -3.40. The average molecular weight is 476 g/mol. The predicted octanol–water partition coefficient (Wildman–Crippen LogP) is 2.84. The summed E-state index contributed by atoms with van der Waals surface area (Å²) in [5.41, 5.74) is 6.67. The summed E-state index contributed by atoms with van der Waals surface area (Å²) in [5.74, 6) is -1.19. The van der Waals surface area contributed by atoms with E-state index in [1.807, 2.05) is 6.07 Å². The number of rotatable bonds is 7. The van der Waals surface area contributed by atoms with E-state index >= 15 is 0 Å². The smallest absolute Gasteiger partial charge is 0.344 e. The number of carbonyl (C=O) groups excluding carboxylic acids is 3. The van der Waals surface area contributed by atoms with Crippen LogP contribution in [-0.4, -0.2) is 41.8 Å². The van der Waals surface area contributed by atoms with Crippen molar-refractivity contribution in [3.63, 3.8) is 0 Å². The third kappa shape index (κ3) is 7.05. The molecule has 2 aromatic carbocycles. The number of nitrogens with two attached hydrogens (primary N) is 1. The lowest BCUT2D eigenvalue weighted by molar-refractivity contribution is -0.138. The Kier molecular flexibility index (Phi) is 8.27. The molecule has 10 heteroatoms. The summed E-state index contributed by atoms with van der Waals surface area (Å²) in [5, 5.41) is 5.42. The molecule has 0 spiro atoms. The summed E-state index contributed by atoms with van der Waals surface area (Å²) in [4.78, 5) is 39.3. The van der Waals surface area contributed by atoms with Gasteiger partial charge in [0.25, 0.3) is 0 Å². The summed E-state index contributed by atoms with van der Waals surface area (Å²) in [6.45, 7) is 0.569. The van der Waals surface area contributed by atoms with Gasteiger partial charge in [0.1, 0.15) is 6.04 Å². The van der Waals surface area contributed by atoms with Crippen molar-refractivity contribution in [3.05, 3.63) is 65.2 Å². The Balaban J connectivity index is 1.57. The molecule has 0 aliphatic carbocycles. The van der Waals surface area contributed by atoms with Gasteiger partial charge in [0.2, 0.25) is 17.7 Å². The monoisotopic (exact) mass is 476 g/mol. The molecule has 4 N–H and O–H groups in total. The number of nitrogens with one attached hydrogen (secondary N) is 2. The van der Waals surface area contributed by atoms with Crippen LogP contribution in [0.3, 0.4) is 0 Å². The lowest BCUT2D eigenvalue weighted by Gasteiger charge is -2.24. The van der Waals surface area contributed by atoms with Gasteiger partial charge in [0, 0.05) is 18.8 Å². The van der Waals surface area contributed by atoms with Gasteiger partial charge in [0.15, 0.2) is 0 Å². The van der Waals surface area contributed by atoms with Crippen molar-refractivity contribution >= 4 is 23.4 Å². The van der Waals surface area contributed by atoms with Crippen LogP contribution in [-0.2, 0) is 33.5 Å². The lowest BCUT2D eigenvalue weighted by Crippen LogP contribution is -2.49. The topological polar surface area (TPSA) is 105 Å². The van der Waals surface area contributed by atoms with Crippen LogP contribution in [0.5, 0.6) is 0 Å². The van der Waals surface area contributed by atoms with Crippen LogP contribution in [0, 0.1) is 0 Å². The van der Waals surface area contributed by atoms with Crippen LogP contribution in [0.1, 0.15) is 36.0 Å². The number of amides is 3. The van der Waals surface area contributed by atoms with E-state index < -0.39 is 23.7 Å².